The predicted octanol–water partition coefficient (Wildman–Crippen LogP) is 2.41. The molecule has 0 bridgehead atoms. The summed E-state index contributed by atoms with van der Waals surface area (Å²) in [5.74, 6) is 0. The van der Waals surface area contributed by atoms with Crippen molar-refractivity contribution in [1.82, 2.24) is 5.32 Å². The zero-order valence-corrected chi connectivity index (χ0v) is 7.00. The largest absolute Gasteiger partial charge is 0.351 e. The summed E-state index contributed by atoms with van der Waals surface area (Å²) in [6, 6.07) is 0. The molecule has 2 nitrogen and oxygen atoms in total. The first-order valence-electron chi connectivity index (χ1n) is 2.62. The van der Waals surface area contributed by atoms with Gasteiger partial charge in [-0.25, -0.2) is 0 Å². The van der Waals surface area contributed by atoms with Crippen LogP contribution in [0.25, 0.3) is 0 Å². The highest BCUT2D eigenvalue weighted by atomic mass is 35.5. The lowest BCUT2D eigenvalue weighted by atomic mass is 10.6. The summed E-state index contributed by atoms with van der Waals surface area (Å²) < 4.78 is 0. The minimum atomic E-state index is 0.370. The van der Waals surface area contributed by atoms with Crippen molar-refractivity contribution >= 4 is 29.4 Å². The van der Waals surface area contributed by atoms with E-state index in [1.807, 2.05) is 0 Å². The van der Waals surface area contributed by atoms with Gasteiger partial charge >= 0.3 is 0 Å². The Hall–Kier alpha value is -0.470. The van der Waals surface area contributed by atoms with Crippen molar-refractivity contribution in [2.75, 3.05) is 0 Å². The van der Waals surface area contributed by atoms with Crippen LogP contribution in [0.4, 0.5) is 0 Å². The van der Waals surface area contributed by atoms with Crippen molar-refractivity contribution in [1.29, 1.82) is 5.41 Å². The molecule has 56 valence electrons. The molecular formula is C6H8Cl2N2. The summed E-state index contributed by atoms with van der Waals surface area (Å²) >= 11 is 11.0. The first-order chi connectivity index (χ1) is 4.66. The SMILES string of the molecule is C/C(Cl)=C\N/C(Cl)=C\C=N. The van der Waals surface area contributed by atoms with Gasteiger partial charge in [0.1, 0.15) is 5.16 Å². The molecule has 4 heteroatoms. The van der Waals surface area contributed by atoms with Gasteiger partial charge in [0.05, 0.1) is 0 Å². The van der Waals surface area contributed by atoms with Crippen LogP contribution in [0.3, 0.4) is 0 Å². The van der Waals surface area contributed by atoms with Crippen LogP contribution in [0.2, 0.25) is 0 Å². The fraction of sp³-hybridized carbons (Fsp3) is 0.167. The van der Waals surface area contributed by atoms with E-state index in [0.29, 0.717) is 10.2 Å². The van der Waals surface area contributed by atoms with Gasteiger partial charge in [0, 0.05) is 17.4 Å². The molecule has 0 aliphatic rings. The molecule has 0 aliphatic carbocycles. The molecule has 0 saturated heterocycles. The van der Waals surface area contributed by atoms with Crippen molar-refractivity contribution < 1.29 is 0 Å². The summed E-state index contributed by atoms with van der Waals surface area (Å²) in [7, 11) is 0. The molecule has 0 aromatic heterocycles. The van der Waals surface area contributed by atoms with Gasteiger partial charge in [0.2, 0.25) is 0 Å². The second-order valence-corrected chi connectivity index (χ2v) is 2.56. The molecule has 2 N–H and O–H groups in total. The Morgan fingerprint density at radius 2 is 2.10 bits per heavy atom. The van der Waals surface area contributed by atoms with Crippen molar-refractivity contribution in [2.24, 2.45) is 0 Å². The number of hydrogen-bond acceptors (Lipinski definition) is 2. The third-order valence-corrected chi connectivity index (χ3v) is 0.983. The molecule has 0 atom stereocenters. The van der Waals surface area contributed by atoms with E-state index < -0.39 is 0 Å². The molecule has 0 saturated carbocycles. The average Bonchev–Trinajstić information content (AvgIpc) is 1.85. The van der Waals surface area contributed by atoms with Gasteiger partial charge in [-0.05, 0) is 13.0 Å². The lowest BCUT2D eigenvalue weighted by Crippen LogP contribution is -1.98. The molecule has 0 radical (unpaired) electrons. The zero-order valence-electron chi connectivity index (χ0n) is 5.49. The van der Waals surface area contributed by atoms with Crippen LogP contribution in [0.15, 0.2) is 22.5 Å². The van der Waals surface area contributed by atoms with E-state index in [0.717, 1.165) is 6.21 Å². The Kier molecular flexibility index (Phi) is 5.08. The number of allylic oxidation sites excluding steroid dienone is 2. The molecule has 0 rings (SSSR count). The Bertz CT molecular complexity index is 169. The van der Waals surface area contributed by atoms with Crippen LogP contribution in [-0.4, -0.2) is 6.21 Å². The second kappa shape index (κ2) is 5.33. The molecule has 0 aromatic carbocycles. The Labute approximate surface area is 70.0 Å². The fourth-order valence-electron chi connectivity index (χ4n) is 0.290. The van der Waals surface area contributed by atoms with Gasteiger partial charge in [-0.15, -0.1) is 0 Å². The van der Waals surface area contributed by atoms with Gasteiger partial charge in [-0.2, -0.15) is 0 Å². The highest BCUT2D eigenvalue weighted by Crippen LogP contribution is 1.99. The van der Waals surface area contributed by atoms with Crippen LogP contribution in [0.1, 0.15) is 6.92 Å². The van der Waals surface area contributed by atoms with Crippen LogP contribution in [0.5, 0.6) is 0 Å². The van der Waals surface area contributed by atoms with E-state index in [9.17, 15) is 0 Å². The molecule has 0 spiro atoms. The number of hydrogen-bond donors (Lipinski definition) is 2. The molecule has 10 heavy (non-hydrogen) atoms. The smallest absolute Gasteiger partial charge is 0.107 e. The highest BCUT2D eigenvalue weighted by molar-refractivity contribution is 6.31. The molecule has 0 heterocycles. The first-order valence-corrected chi connectivity index (χ1v) is 3.37. The van der Waals surface area contributed by atoms with Crippen LogP contribution < -0.4 is 5.32 Å². The van der Waals surface area contributed by atoms with Crippen molar-refractivity contribution in [2.45, 2.75) is 6.92 Å². The normalized spacial score (nSPS) is 13.1. The van der Waals surface area contributed by atoms with Crippen LogP contribution in [-0.2, 0) is 0 Å². The van der Waals surface area contributed by atoms with Crippen molar-refractivity contribution in [3.8, 4) is 0 Å². The van der Waals surface area contributed by atoms with Gasteiger partial charge in [0.15, 0.2) is 0 Å². The molecule has 0 aromatic rings. The number of nitrogens with one attached hydrogen (secondary N) is 2. The average molecular weight is 179 g/mol. The minimum Gasteiger partial charge on any atom is -0.351 e. The maximum atomic E-state index is 6.64. The van der Waals surface area contributed by atoms with Gasteiger partial charge in [0.25, 0.3) is 0 Å². The topological polar surface area (TPSA) is 35.9 Å². The predicted molar refractivity (Wildman–Crippen MR) is 45.5 cm³/mol. The standard InChI is InChI=1S/C6H8Cl2N2/c1-5(7)4-10-6(8)2-3-9/h2-4,9-10H,1H3/b5-4+,6-2-,9-3?. The quantitative estimate of drug-likeness (QED) is 0.506. The highest BCUT2D eigenvalue weighted by Gasteiger charge is 1.83. The molecule has 0 amide bonds. The summed E-state index contributed by atoms with van der Waals surface area (Å²) in [6.07, 6.45) is 4.05. The summed E-state index contributed by atoms with van der Waals surface area (Å²) in [4.78, 5) is 0. The Morgan fingerprint density at radius 3 is 2.50 bits per heavy atom. The molecule has 0 fully saturated rings. The zero-order chi connectivity index (χ0) is 7.98. The third kappa shape index (κ3) is 5.66. The lowest BCUT2D eigenvalue weighted by Gasteiger charge is -1.94. The maximum Gasteiger partial charge on any atom is 0.107 e. The fourth-order valence-corrected chi connectivity index (χ4v) is 0.462. The summed E-state index contributed by atoms with van der Waals surface area (Å²) in [5.41, 5.74) is 0. The maximum absolute atomic E-state index is 6.64. The number of halogens is 2. The second-order valence-electron chi connectivity index (χ2n) is 1.56. The summed E-state index contributed by atoms with van der Waals surface area (Å²) in [6.45, 7) is 1.73. The van der Waals surface area contributed by atoms with E-state index in [4.69, 9.17) is 28.6 Å². The van der Waals surface area contributed by atoms with Crippen LogP contribution >= 0.6 is 23.2 Å². The van der Waals surface area contributed by atoms with Crippen molar-refractivity contribution in [3.05, 3.63) is 22.5 Å². The van der Waals surface area contributed by atoms with Crippen molar-refractivity contribution in [3.63, 3.8) is 0 Å². The molecule has 0 aliphatic heterocycles. The third-order valence-electron chi connectivity index (χ3n) is 0.639. The lowest BCUT2D eigenvalue weighted by molar-refractivity contribution is 1.15. The number of rotatable bonds is 3. The molecule has 0 unspecified atom stereocenters. The minimum absolute atomic E-state index is 0.370. The van der Waals surface area contributed by atoms with Gasteiger partial charge in [-0.1, -0.05) is 23.2 Å². The van der Waals surface area contributed by atoms with E-state index in [1.54, 1.807) is 13.1 Å². The van der Waals surface area contributed by atoms with E-state index >= 15 is 0 Å². The Balaban J connectivity index is 3.80. The summed E-state index contributed by atoms with van der Waals surface area (Å²) in [5, 5.41) is 10.3. The van der Waals surface area contributed by atoms with E-state index in [-0.39, 0.29) is 0 Å². The van der Waals surface area contributed by atoms with Gasteiger partial charge < -0.3 is 10.7 Å². The monoisotopic (exact) mass is 178 g/mol. The van der Waals surface area contributed by atoms with E-state index in [1.165, 1.54) is 6.08 Å². The Morgan fingerprint density at radius 1 is 1.50 bits per heavy atom. The van der Waals surface area contributed by atoms with Gasteiger partial charge in [-0.3, -0.25) is 0 Å². The van der Waals surface area contributed by atoms with E-state index in [2.05, 4.69) is 5.32 Å². The molecular weight excluding hydrogens is 171 g/mol. The van der Waals surface area contributed by atoms with Crippen LogP contribution in [0, 0.1) is 5.41 Å². The first kappa shape index (κ1) is 9.53.